The van der Waals surface area contributed by atoms with Crippen molar-refractivity contribution in [3.63, 3.8) is 0 Å². The largest absolute Gasteiger partial charge is 0.548 e. The number of benzene rings is 2. The van der Waals surface area contributed by atoms with Crippen molar-refractivity contribution in [1.82, 2.24) is 9.80 Å². The van der Waals surface area contributed by atoms with E-state index in [9.17, 15) is 39.0 Å². The highest BCUT2D eigenvalue weighted by Gasteiger charge is 2.39. The number of carbonyl (C=O) groups is 6. The van der Waals surface area contributed by atoms with Gasteiger partial charge in [-0.15, -0.1) is 0 Å². The van der Waals surface area contributed by atoms with E-state index >= 15 is 0 Å². The van der Waals surface area contributed by atoms with Crippen LogP contribution in [0.5, 0.6) is 0 Å². The number of nitrogens with zero attached hydrogens (tertiary/aromatic N) is 2. The summed E-state index contributed by atoms with van der Waals surface area (Å²) in [5.74, 6) is -6.85. The van der Waals surface area contributed by atoms with E-state index in [1.54, 1.807) is 0 Å². The van der Waals surface area contributed by atoms with Gasteiger partial charge in [0.1, 0.15) is 0 Å². The number of rotatable bonds is 4. The van der Waals surface area contributed by atoms with E-state index in [0.717, 1.165) is 0 Å². The SMILES string of the molecule is O=C([O-])CN1C(=O)c2ccc3c4c(ccc(c24)C1=O)C(=O)N(CC(=O)[O-])C3=O. The first-order chi connectivity index (χ1) is 13.2. The number of hydrogen-bond acceptors (Lipinski definition) is 8. The molecule has 140 valence electrons. The van der Waals surface area contributed by atoms with Crippen LogP contribution in [0.25, 0.3) is 10.8 Å². The predicted octanol–water partition coefficient (Wildman–Crippen LogP) is -2.47. The Labute approximate surface area is 155 Å². The van der Waals surface area contributed by atoms with E-state index in [1.165, 1.54) is 24.3 Å². The summed E-state index contributed by atoms with van der Waals surface area (Å²) in [6, 6.07) is 4.92. The molecule has 0 saturated carbocycles. The lowest BCUT2D eigenvalue weighted by Crippen LogP contribution is -2.48. The van der Waals surface area contributed by atoms with Gasteiger partial charge in [0.05, 0.1) is 25.0 Å². The second kappa shape index (κ2) is 5.71. The first-order valence-electron chi connectivity index (χ1n) is 7.94. The summed E-state index contributed by atoms with van der Waals surface area (Å²) in [6.45, 7) is -1.89. The smallest absolute Gasteiger partial charge is 0.261 e. The van der Waals surface area contributed by atoms with Crippen molar-refractivity contribution >= 4 is 46.3 Å². The molecule has 0 saturated heterocycles. The average Bonchev–Trinajstić information content (AvgIpc) is 2.64. The maximum absolute atomic E-state index is 12.6. The van der Waals surface area contributed by atoms with Crippen molar-refractivity contribution in [2.24, 2.45) is 0 Å². The van der Waals surface area contributed by atoms with Gasteiger partial charge in [0.2, 0.25) is 0 Å². The Hall–Kier alpha value is -4.08. The van der Waals surface area contributed by atoms with Crippen LogP contribution in [0.1, 0.15) is 41.4 Å². The van der Waals surface area contributed by atoms with Gasteiger partial charge in [0.15, 0.2) is 0 Å². The molecule has 4 amide bonds. The van der Waals surface area contributed by atoms with Crippen LogP contribution < -0.4 is 10.2 Å². The van der Waals surface area contributed by atoms with Crippen molar-refractivity contribution in [3.8, 4) is 0 Å². The molecule has 2 aliphatic heterocycles. The predicted molar refractivity (Wildman–Crippen MR) is 84.7 cm³/mol. The van der Waals surface area contributed by atoms with Crippen LogP contribution in [0.3, 0.4) is 0 Å². The van der Waals surface area contributed by atoms with Gasteiger partial charge in [-0.1, -0.05) is 0 Å². The Morgan fingerprint density at radius 2 is 0.857 bits per heavy atom. The summed E-state index contributed by atoms with van der Waals surface area (Å²) in [7, 11) is 0. The lowest BCUT2D eigenvalue weighted by Gasteiger charge is -2.32. The van der Waals surface area contributed by atoms with E-state index in [2.05, 4.69) is 0 Å². The quantitative estimate of drug-likeness (QED) is 0.529. The zero-order valence-corrected chi connectivity index (χ0v) is 13.9. The van der Waals surface area contributed by atoms with E-state index in [0.29, 0.717) is 9.80 Å². The van der Waals surface area contributed by atoms with E-state index in [-0.39, 0.29) is 33.0 Å². The molecular formula is C18H8N2O8-2. The minimum atomic E-state index is -1.63. The molecule has 10 nitrogen and oxygen atoms in total. The van der Waals surface area contributed by atoms with E-state index < -0.39 is 48.7 Å². The first-order valence-corrected chi connectivity index (χ1v) is 7.94. The molecule has 0 atom stereocenters. The molecule has 0 aliphatic carbocycles. The summed E-state index contributed by atoms with van der Waals surface area (Å²) < 4.78 is 0. The van der Waals surface area contributed by atoms with Crippen molar-refractivity contribution < 1.29 is 39.0 Å². The Kier molecular flexibility index (Phi) is 3.54. The number of imide groups is 2. The van der Waals surface area contributed by atoms with Gasteiger partial charge >= 0.3 is 0 Å². The van der Waals surface area contributed by atoms with Crippen LogP contribution in [0.15, 0.2) is 24.3 Å². The number of aliphatic carboxylic acids is 2. The molecule has 0 spiro atoms. The zero-order chi connectivity index (χ0) is 20.3. The van der Waals surface area contributed by atoms with Crippen LogP contribution in [0.4, 0.5) is 0 Å². The van der Waals surface area contributed by atoms with Crippen molar-refractivity contribution in [2.75, 3.05) is 13.1 Å². The minimum absolute atomic E-state index is 0.0504. The van der Waals surface area contributed by atoms with Gasteiger partial charge in [-0.2, -0.15) is 0 Å². The average molecular weight is 380 g/mol. The number of carboxylic acids is 2. The van der Waals surface area contributed by atoms with Gasteiger partial charge in [-0.3, -0.25) is 29.0 Å². The second-order valence-electron chi connectivity index (χ2n) is 6.21. The molecule has 0 bridgehead atoms. The van der Waals surface area contributed by atoms with Crippen LogP contribution in [0.2, 0.25) is 0 Å². The van der Waals surface area contributed by atoms with E-state index in [4.69, 9.17) is 0 Å². The molecular weight excluding hydrogens is 372 g/mol. The molecule has 28 heavy (non-hydrogen) atoms. The summed E-state index contributed by atoms with van der Waals surface area (Å²) in [5, 5.41) is 21.9. The first kappa shape index (κ1) is 17.3. The topological polar surface area (TPSA) is 155 Å². The van der Waals surface area contributed by atoms with Gasteiger partial charge in [-0.25, -0.2) is 0 Å². The van der Waals surface area contributed by atoms with Gasteiger partial charge < -0.3 is 19.8 Å². The zero-order valence-electron chi connectivity index (χ0n) is 13.9. The molecule has 0 N–H and O–H groups in total. The molecule has 0 radical (unpaired) electrons. The molecule has 4 rings (SSSR count). The maximum atomic E-state index is 12.6. The fraction of sp³-hybridized carbons (Fsp3) is 0.111. The van der Waals surface area contributed by atoms with Crippen molar-refractivity contribution in [1.29, 1.82) is 0 Å². The molecule has 2 aliphatic rings. The Bertz CT molecular complexity index is 1000. The third kappa shape index (κ3) is 2.21. The lowest BCUT2D eigenvalue weighted by atomic mass is 9.86. The number of hydrogen-bond donors (Lipinski definition) is 0. The van der Waals surface area contributed by atoms with Gasteiger partial charge in [-0.05, 0) is 24.3 Å². The third-order valence-corrected chi connectivity index (χ3v) is 4.64. The molecule has 0 unspecified atom stereocenters. The monoisotopic (exact) mass is 380 g/mol. The molecule has 0 aromatic heterocycles. The molecule has 2 aromatic rings. The standard InChI is InChI=1S/C18H10N2O8/c21-11(22)5-19-15(25)7-1-2-8-14-10(4-3-9(13(7)14)17(19)27)18(28)20(16(8)26)6-12(23)24/h1-4H,5-6H2,(H,21,22)(H,23,24)/p-2. The molecule has 2 aromatic carbocycles. The highest BCUT2D eigenvalue weighted by Crippen LogP contribution is 2.37. The van der Waals surface area contributed by atoms with Crippen LogP contribution in [-0.4, -0.2) is 58.5 Å². The molecule has 10 heteroatoms. The third-order valence-electron chi connectivity index (χ3n) is 4.64. The Morgan fingerprint density at radius 1 is 0.607 bits per heavy atom. The molecule has 2 heterocycles. The normalized spacial score (nSPS) is 15.4. The van der Waals surface area contributed by atoms with Crippen LogP contribution in [0, 0.1) is 0 Å². The van der Waals surface area contributed by atoms with Crippen LogP contribution >= 0.6 is 0 Å². The summed E-state index contributed by atoms with van der Waals surface area (Å²) in [5.41, 5.74) is -0.202. The fourth-order valence-electron chi connectivity index (χ4n) is 3.52. The minimum Gasteiger partial charge on any atom is -0.548 e. The van der Waals surface area contributed by atoms with Crippen molar-refractivity contribution in [3.05, 3.63) is 46.5 Å². The fourth-order valence-corrected chi connectivity index (χ4v) is 3.52. The maximum Gasteiger partial charge on any atom is 0.261 e. The van der Waals surface area contributed by atoms with E-state index in [1.807, 2.05) is 0 Å². The van der Waals surface area contributed by atoms with Gasteiger partial charge in [0, 0.05) is 33.0 Å². The molecule has 0 fully saturated rings. The van der Waals surface area contributed by atoms with Crippen molar-refractivity contribution in [2.45, 2.75) is 0 Å². The highest BCUT2D eigenvalue weighted by atomic mass is 16.4. The summed E-state index contributed by atoms with van der Waals surface area (Å²) >= 11 is 0. The van der Waals surface area contributed by atoms with Crippen LogP contribution in [-0.2, 0) is 9.59 Å². The second-order valence-corrected chi connectivity index (χ2v) is 6.21. The number of amides is 4. The highest BCUT2D eigenvalue weighted by molar-refractivity contribution is 6.33. The van der Waals surface area contributed by atoms with Gasteiger partial charge in [0.25, 0.3) is 23.6 Å². The number of carboxylic acid groups (broad SMARTS) is 2. The Morgan fingerprint density at radius 3 is 1.07 bits per heavy atom. The number of carbonyl (C=O) groups excluding carboxylic acids is 6. The Balaban J connectivity index is 1.98. The summed E-state index contributed by atoms with van der Waals surface area (Å²) in [6.07, 6.45) is 0. The lowest BCUT2D eigenvalue weighted by molar-refractivity contribution is -0.306. The summed E-state index contributed by atoms with van der Waals surface area (Å²) in [4.78, 5) is 73.2.